The molecule has 0 saturated carbocycles. The maximum atomic E-state index is 8.80. The standard InChI is InChI=1S/C15H28N2O.C9H7N.ClH/c1-2-3-4-5-6-7-8-9-10-14-13-16-15(17-14)11-12-18;1-2-6-9-8(4-1)5-3-7-10-9;/h13,18H,2-12H2,1H3,(H,16,17);1-7H;1H. The van der Waals surface area contributed by atoms with Gasteiger partial charge in [0.2, 0.25) is 0 Å². The molecule has 160 valence electrons. The number of halogens is 1. The van der Waals surface area contributed by atoms with E-state index in [1.54, 1.807) is 0 Å². The summed E-state index contributed by atoms with van der Waals surface area (Å²) >= 11 is 0. The summed E-state index contributed by atoms with van der Waals surface area (Å²) in [5.41, 5.74) is 2.27. The van der Waals surface area contributed by atoms with Gasteiger partial charge >= 0.3 is 0 Å². The third-order valence-electron chi connectivity index (χ3n) is 4.84. The zero-order chi connectivity index (χ0) is 19.9. The number of hydrogen-bond acceptors (Lipinski definition) is 3. The Bertz CT molecular complexity index is 710. The van der Waals surface area contributed by atoms with Gasteiger partial charge in [0.1, 0.15) is 5.82 Å². The lowest BCUT2D eigenvalue weighted by atomic mass is 10.1. The number of benzene rings is 1. The molecule has 4 nitrogen and oxygen atoms in total. The van der Waals surface area contributed by atoms with Crippen molar-refractivity contribution < 1.29 is 5.11 Å². The monoisotopic (exact) mass is 417 g/mol. The van der Waals surface area contributed by atoms with Gasteiger partial charge in [0.25, 0.3) is 0 Å². The number of H-pyrrole nitrogens is 1. The quantitative estimate of drug-likeness (QED) is 0.360. The molecule has 3 rings (SSSR count). The van der Waals surface area contributed by atoms with Crippen molar-refractivity contribution in [1.82, 2.24) is 15.0 Å². The van der Waals surface area contributed by atoms with Gasteiger partial charge < -0.3 is 10.1 Å². The van der Waals surface area contributed by atoms with Crippen molar-refractivity contribution in [2.45, 2.75) is 71.1 Å². The highest BCUT2D eigenvalue weighted by molar-refractivity contribution is 5.85. The number of nitrogens with one attached hydrogen (secondary N) is 1. The van der Waals surface area contributed by atoms with Gasteiger partial charge in [-0.25, -0.2) is 4.98 Å². The summed E-state index contributed by atoms with van der Waals surface area (Å²) < 4.78 is 0. The van der Waals surface area contributed by atoms with E-state index in [-0.39, 0.29) is 19.0 Å². The summed E-state index contributed by atoms with van der Waals surface area (Å²) in [6, 6.07) is 12.1. The third kappa shape index (κ3) is 10.4. The highest BCUT2D eigenvalue weighted by Crippen LogP contribution is 2.11. The third-order valence-corrected chi connectivity index (χ3v) is 4.84. The smallest absolute Gasteiger partial charge is 0.108 e. The Morgan fingerprint density at radius 2 is 1.52 bits per heavy atom. The molecule has 2 aromatic heterocycles. The number of aliphatic hydroxyl groups is 1. The van der Waals surface area contributed by atoms with Gasteiger partial charge in [-0.05, 0) is 25.0 Å². The molecule has 3 aromatic rings. The summed E-state index contributed by atoms with van der Waals surface area (Å²) in [6.45, 7) is 2.43. The molecule has 0 aliphatic heterocycles. The van der Waals surface area contributed by atoms with Crippen LogP contribution in [0.4, 0.5) is 0 Å². The van der Waals surface area contributed by atoms with E-state index < -0.39 is 0 Å². The highest BCUT2D eigenvalue weighted by Gasteiger charge is 2.00. The van der Waals surface area contributed by atoms with Crippen LogP contribution in [0.3, 0.4) is 0 Å². The first-order valence-corrected chi connectivity index (χ1v) is 10.8. The van der Waals surface area contributed by atoms with Gasteiger partial charge in [-0.15, -0.1) is 12.4 Å². The second kappa shape index (κ2) is 15.9. The fourth-order valence-corrected chi connectivity index (χ4v) is 3.23. The second-order valence-corrected chi connectivity index (χ2v) is 7.25. The van der Waals surface area contributed by atoms with E-state index in [2.05, 4.69) is 34.0 Å². The van der Waals surface area contributed by atoms with Gasteiger partial charge in [0, 0.05) is 29.9 Å². The highest BCUT2D eigenvalue weighted by atomic mass is 35.5. The molecule has 0 saturated heterocycles. The fraction of sp³-hybridized carbons (Fsp3) is 0.500. The number of aliphatic hydroxyl groups excluding tert-OH is 1. The predicted octanol–water partition coefficient (Wildman–Crippen LogP) is 6.28. The molecule has 29 heavy (non-hydrogen) atoms. The van der Waals surface area contributed by atoms with Crippen molar-refractivity contribution >= 4 is 23.3 Å². The van der Waals surface area contributed by atoms with Crippen LogP contribution in [0.2, 0.25) is 0 Å². The average molecular weight is 418 g/mol. The lowest BCUT2D eigenvalue weighted by Crippen LogP contribution is -1.93. The van der Waals surface area contributed by atoms with Crippen LogP contribution in [-0.4, -0.2) is 26.7 Å². The normalized spacial score (nSPS) is 10.3. The number of aryl methyl sites for hydroxylation is 1. The van der Waals surface area contributed by atoms with E-state index in [9.17, 15) is 0 Å². The predicted molar refractivity (Wildman–Crippen MR) is 125 cm³/mol. The second-order valence-electron chi connectivity index (χ2n) is 7.25. The molecule has 0 spiro atoms. The molecular weight excluding hydrogens is 382 g/mol. The van der Waals surface area contributed by atoms with Crippen LogP contribution in [0, 0.1) is 0 Å². The molecule has 0 fully saturated rings. The first-order chi connectivity index (χ1) is 13.8. The van der Waals surface area contributed by atoms with Crippen LogP contribution in [0.5, 0.6) is 0 Å². The van der Waals surface area contributed by atoms with Gasteiger partial charge in [-0.2, -0.15) is 0 Å². The molecule has 5 heteroatoms. The van der Waals surface area contributed by atoms with Crippen molar-refractivity contribution in [3.05, 3.63) is 60.3 Å². The number of imidazole rings is 1. The number of aromatic amines is 1. The van der Waals surface area contributed by atoms with E-state index >= 15 is 0 Å². The van der Waals surface area contributed by atoms with Crippen LogP contribution in [-0.2, 0) is 12.8 Å². The maximum absolute atomic E-state index is 8.80. The van der Waals surface area contributed by atoms with E-state index in [0.29, 0.717) is 6.42 Å². The first kappa shape index (κ1) is 25.1. The molecular formula is C24H36ClN3O. The first-order valence-electron chi connectivity index (χ1n) is 10.8. The number of aromatic nitrogens is 3. The van der Waals surface area contributed by atoms with Crippen molar-refractivity contribution in [3.63, 3.8) is 0 Å². The fourth-order valence-electron chi connectivity index (χ4n) is 3.23. The lowest BCUT2D eigenvalue weighted by molar-refractivity contribution is 0.297. The number of unbranched alkanes of at least 4 members (excludes halogenated alkanes) is 7. The summed E-state index contributed by atoms with van der Waals surface area (Å²) in [6.07, 6.45) is 16.3. The SMILES string of the molecule is CCCCCCCCCCc1cnc(CCO)[nH]1.Cl.c1ccc2ncccc2c1. The van der Waals surface area contributed by atoms with E-state index in [1.807, 2.05) is 36.7 Å². The van der Waals surface area contributed by atoms with Crippen LogP contribution in [0.25, 0.3) is 10.9 Å². The molecule has 0 atom stereocenters. The minimum absolute atomic E-state index is 0. The molecule has 2 N–H and O–H groups in total. The molecule has 0 aliphatic rings. The van der Waals surface area contributed by atoms with Crippen molar-refractivity contribution in [3.8, 4) is 0 Å². The number of hydrogen-bond donors (Lipinski definition) is 2. The van der Waals surface area contributed by atoms with Crippen LogP contribution in [0.1, 0.15) is 69.8 Å². The number of rotatable bonds is 11. The number of fused-ring (bicyclic) bond motifs is 1. The number of pyridine rings is 1. The van der Waals surface area contributed by atoms with Crippen LogP contribution >= 0.6 is 12.4 Å². The minimum atomic E-state index is 0. The van der Waals surface area contributed by atoms with Gasteiger partial charge in [0.15, 0.2) is 0 Å². The summed E-state index contributed by atoms with van der Waals surface area (Å²) in [5, 5.41) is 10.0. The zero-order valence-corrected chi connectivity index (χ0v) is 18.5. The largest absolute Gasteiger partial charge is 0.396 e. The topological polar surface area (TPSA) is 61.8 Å². The summed E-state index contributed by atoms with van der Waals surface area (Å²) in [5.74, 6) is 0.909. The van der Waals surface area contributed by atoms with Crippen molar-refractivity contribution in [2.75, 3.05) is 6.61 Å². The van der Waals surface area contributed by atoms with E-state index in [0.717, 1.165) is 17.8 Å². The summed E-state index contributed by atoms with van der Waals surface area (Å²) in [7, 11) is 0. The lowest BCUT2D eigenvalue weighted by Gasteiger charge is -2.00. The van der Waals surface area contributed by atoms with Gasteiger partial charge in [0.05, 0.1) is 12.1 Å². The Labute approximate surface area is 181 Å². The Kier molecular flexibility index (Phi) is 13.8. The van der Waals surface area contributed by atoms with E-state index in [1.165, 1.54) is 62.4 Å². The minimum Gasteiger partial charge on any atom is -0.396 e. The molecule has 0 aliphatic carbocycles. The van der Waals surface area contributed by atoms with Crippen molar-refractivity contribution in [2.24, 2.45) is 0 Å². The molecule has 0 amide bonds. The Hall–Kier alpha value is -1.91. The molecule has 2 heterocycles. The van der Waals surface area contributed by atoms with E-state index in [4.69, 9.17) is 5.11 Å². The van der Waals surface area contributed by atoms with Crippen LogP contribution in [0.15, 0.2) is 48.8 Å². The zero-order valence-electron chi connectivity index (χ0n) is 17.6. The van der Waals surface area contributed by atoms with Crippen molar-refractivity contribution in [1.29, 1.82) is 0 Å². The molecule has 0 unspecified atom stereocenters. The number of nitrogens with zero attached hydrogens (tertiary/aromatic N) is 2. The summed E-state index contributed by atoms with van der Waals surface area (Å²) in [4.78, 5) is 11.7. The Morgan fingerprint density at radius 3 is 2.24 bits per heavy atom. The Balaban J connectivity index is 0.000000321. The Morgan fingerprint density at radius 1 is 0.828 bits per heavy atom. The van der Waals surface area contributed by atoms with Crippen LogP contribution < -0.4 is 0 Å². The van der Waals surface area contributed by atoms with Gasteiger partial charge in [-0.1, -0.05) is 76.1 Å². The average Bonchev–Trinajstić information content (AvgIpc) is 3.18. The molecule has 1 aromatic carbocycles. The molecule has 0 bridgehead atoms. The maximum Gasteiger partial charge on any atom is 0.108 e. The van der Waals surface area contributed by atoms with Gasteiger partial charge in [-0.3, -0.25) is 4.98 Å². The number of para-hydroxylation sites is 1. The molecule has 0 radical (unpaired) electrons.